The van der Waals surface area contributed by atoms with Crippen molar-refractivity contribution in [1.29, 1.82) is 0 Å². The maximum atomic E-state index is 13.0. The van der Waals surface area contributed by atoms with Gasteiger partial charge in [0, 0.05) is 12.0 Å². The minimum absolute atomic E-state index is 0.0905. The number of likely N-dealkylation sites (tertiary alicyclic amines) is 1. The SMILES string of the molecule is O=C(CCCN1CCC(c2ccc(Oc3ccccc3)cc2)CC1)c1ccc(F)cc1. The van der Waals surface area contributed by atoms with Crippen LogP contribution in [0.4, 0.5) is 4.39 Å². The lowest BCUT2D eigenvalue weighted by Gasteiger charge is -2.32. The number of hydrogen-bond donors (Lipinski definition) is 0. The van der Waals surface area contributed by atoms with Gasteiger partial charge >= 0.3 is 0 Å². The summed E-state index contributed by atoms with van der Waals surface area (Å²) in [5.41, 5.74) is 1.96. The van der Waals surface area contributed by atoms with Crippen molar-refractivity contribution < 1.29 is 13.9 Å². The van der Waals surface area contributed by atoms with Crippen molar-refractivity contribution in [2.24, 2.45) is 0 Å². The Kier molecular flexibility index (Phi) is 7.11. The summed E-state index contributed by atoms with van der Waals surface area (Å²) in [6, 6.07) is 24.1. The quantitative estimate of drug-likeness (QED) is 0.394. The molecule has 0 aromatic heterocycles. The van der Waals surface area contributed by atoms with Gasteiger partial charge in [-0.05, 0) is 98.9 Å². The summed E-state index contributed by atoms with van der Waals surface area (Å²) in [5, 5.41) is 0. The van der Waals surface area contributed by atoms with Gasteiger partial charge in [0.2, 0.25) is 0 Å². The Morgan fingerprint density at radius 2 is 1.52 bits per heavy atom. The molecular weight excluding hydrogens is 389 g/mol. The van der Waals surface area contributed by atoms with Crippen LogP contribution >= 0.6 is 0 Å². The number of carbonyl (C=O) groups is 1. The Balaban J connectivity index is 1.20. The molecule has 1 aliphatic rings. The van der Waals surface area contributed by atoms with Gasteiger partial charge in [0.1, 0.15) is 17.3 Å². The molecule has 0 atom stereocenters. The summed E-state index contributed by atoms with van der Waals surface area (Å²) in [7, 11) is 0. The van der Waals surface area contributed by atoms with E-state index in [9.17, 15) is 9.18 Å². The van der Waals surface area contributed by atoms with Crippen LogP contribution in [0.25, 0.3) is 0 Å². The van der Waals surface area contributed by atoms with Crippen LogP contribution in [0, 0.1) is 5.82 Å². The van der Waals surface area contributed by atoms with Crippen LogP contribution in [0.3, 0.4) is 0 Å². The molecule has 0 N–H and O–H groups in total. The van der Waals surface area contributed by atoms with Crippen molar-refractivity contribution in [3.05, 3.63) is 95.8 Å². The lowest BCUT2D eigenvalue weighted by atomic mass is 9.89. The Bertz CT molecular complexity index is 962. The molecule has 0 spiro atoms. The monoisotopic (exact) mass is 417 g/mol. The highest BCUT2D eigenvalue weighted by molar-refractivity contribution is 5.95. The highest BCUT2D eigenvalue weighted by atomic mass is 19.1. The largest absolute Gasteiger partial charge is 0.457 e. The van der Waals surface area contributed by atoms with Crippen molar-refractivity contribution in [3.63, 3.8) is 0 Å². The number of Topliss-reactive ketones (excluding diaryl/α,β-unsaturated/α-hetero) is 1. The average molecular weight is 418 g/mol. The molecule has 1 saturated heterocycles. The topological polar surface area (TPSA) is 29.5 Å². The van der Waals surface area contributed by atoms with E-state index in [-0.39, 0.29) is 11.6 Å². The molecule has 0 amide bonds. The molecule has 1 fully saturated rings. The minimum Gasteiger partial charge on any atom is -0.457 e. The molecule has 3 nitrogen and oxygen atoms in total. The van der Waals surface area contributed by atoms with Gasteiger partial charge in [0.05, 0.1) is 0 Å². The van der Waals surface area contributed by atoms with Crippen LogP contribution in [-0.4, -0.2) is 30.3 Å². The first-order valence-corrected chi connectivity index (χ1v) is 11.0. The molecule has 0 aliphatic carbocycles. The molecule has 0 bridgehead atoms. The zero-order valence-corrected chi connectivity index (χ0v) is 17.7. The molecule has 4 heteroatoms. The Morgan fingerprint density at radius 3 is 2.19 bits per heavy atom. The second-order valence-corrected chi connectivity index (χ2v) is 8.13. The van der Waals surface area contributed by atoms with Crippen LogP contribution in [-0.2, 0) is 0 Å². The molecule has 4 rings (SSSR count). The maximum absolute atomic E-state index is 13.0. The molecule has 3 aromatic rings. The number of carbonyl (C=O) groups excluding carboxylic acids is 1. The lowest BCUT2D eigenvalue weighted by Crippen LogP contribution is -2.33. The average Bonchev–Trinajstić information content (AvgIpc) is 2.81. The number of nitrogens with zero attached hydrogens (tertiary/aromatic N) is 1. The van der Waals surface area contributed by atoms with Gasteiger partial charge in [-0.2, -0.15) is 0 Å². The minimum atomic E-state index is -0.308. The van der Waals surface area contributed by atoms with Gasteiger partial charge in [-0.3, -0.25) is 4.79 Å². The van der Waals surface area contributed by atoms with Crippen molar-refractivity contribution >= 4 is 5.78 Å². The van der Waals surface area contributed by atoms with Crippen LogP contribution in [0.5, 0.6) is 11.5 Å². The molecule has 160 valence electrons. The first kappa shape index (κ1) is 21.3. The van der Waals surface area contributed by atoms with E-state index in [1.807, 2.05) is 30.3 Å². The first-order valence-electron chi connectivity index (χ1n) is 11.0. The summed E-state index contributed by atoms with van der Waals surface area (Å²) >= 11 is 0. The highest BCUT2D eigenvalue weighted by Crippen LogP contribution is 2.30. The smallest absolute Gasteiger partial charge is 0.162 e. The van der Waals surface area contributed by atoms with Crippen LogP contribution in [0.1, 0.15) is 47.5 Å². The second kappa shape index (κ2) is 10.4. The fourth-order valence-corrected chi connectivity index (χ4v) is 4.17. The Hall–Kier alpha value is -2.98. The van der Waals surface area contributed by atoms with Crippen LogP contribution < -0.4 is 4.74 Å². The number of ketones is 1. The highest BCUT2D eigenvalue weighted by Gasteiger charge is 2.20. The van der Waals surface area contributed by atoms with Crippen molar-refractivity contribution in [1.82, 2.24) is 4.90 Å². The number of rotatable bonds is 8. The van der Waals surface area contributed by atoms with Crippen molar-refractivity contribution in [2.45, 2.75) is 31.6 Å². The molecule has 1 aliphatic heterocycles. The molecule has 31 heavy (non-hydrogen) atoms. The fourth-order valence-electron chi connectivity index (χ4n) is 4.17. The van der Waals surface area contributed by atoms with Gasteiger partial charge < -0.3 is 9.64 Å². The normalized spacial score (nSPS) is 15.0. The van der Waals surface area contributed by atoms with Crippen LogP contribution in [0.2, 0.25) is 0 Å². The summed E-state index contributed by atoms with van der Waals surface area (Å²) in [6.07, 6.45) is 3.61. The zero-order valence-electron chi connectivity index (χ0n) is 17.7. The van der Waals surface area contributed by atoms with E-state index in [0.29, 0.717) is 17.9 Å². The lowest BCUT2D eigenvalue weighted by molar-refractivity contribution is 0.0972. The van der Waals surface area contributed by atoms with E-state index >= 15 is 0 Å². The van der Waals surface area contributed by atoms with E-state index < -0.39 is 0 Å². The number of ether oxygens (including phenoxy) is 1. The van der Waals surface area contributed by atoms with E-state index in [1.165, 1.54) is 17.7 Å². The Morgan fingerprint density at radius 1 is 0.871 bits per heavy atom. The number of benzene rings is 3. The van der Waals surface area contributed by atoms with Gasteiger partial charge in [-0.25, -0.2) is 4.39 Å². The molecule has 0 unspecified atom stereocenters. The van der Waals surface area contributed by atoms with Gasteiger partial charge in [-0.1, -0.05) is 30.3 Å². The fraction of sp³-hybridized carbons (Fsp3) is 0.296. The van der Waals surface area contributed by atoms with Crippen LogP contribution in [0.15, 0.2) is 78.9 Å². The number of halogens is 1. The summed E-state index contributed by atoms with van der Waals surface area (Å²) < 4.78 is 18.9. The molecule has 1 heterocycles. The number of piperidine rings is 1. The molecular formula is C27H28FNO2. The third-order valence-electron chi connectivity index (χ3n) is 5.96. The first-order chi connectivity index (χ1) is 15.2. The van der Waals surface area contributed by atoms with E-state index in [2.05, 4.69) is 29.2 Å². The van der Waals surface area contributed by atoms with E-state index in [1.54, 1.807) is 12.1 Å². The van der Waals surface area contributed by atoms with E-state index in [0.717, 1.165) is 50.4 Å². The maximum Gasteiger partial charge on any atom is 0.162 e. The Labute approximate surface area is 183 Å². The number of para-hydroxylation sites is 1. The molecule has 0 saturated carbocycles. The summed E-state index contributed by atoms with van der Waals surface area (Å²) in [4.78, 5) is 14.7. The predicted octanol–water partition coefficient (Wildman–Crippen LogP) is 6.46. The third kappa shape index (κ3) is 6.02. The third-order valence-corrected chi connectivity index (χ3v) is 5.96. The molecule has 0 radical (unpaired) electrons. The van der Waals surface area contributed by atoms with Gasteiger partial charge in [0.25, 0.3) is 0 Å². The second-order valence-electron chi connectivity index (χ2n) is 8.13. The van der Waals surface area contributed by atoms with E-state index in [4.69, 9.17) is 4.74 Å². The predicted molar refractivity (Wildman–Crippen MR) is 121 cm³/mol. The molecule has 3 aromatic carbocycles. The van der Waals surface area contributed by atoms with Crippen molar-refractivity contribution in [3.8, 4) is 11.5 Å². The van der Waals surface area contributed by atoms with Crippen molar-refractivity contribution in [2.75, 3.05) is 19.6 Å². The summed E-state index contributed by atoms with van der Waals surface area (Å²) in [6.45, 7) is 3.04. The standard InChI is InChI=1S/C27H28FNO2/c28-24-12-8-23(9-13-24)27(30)7-4-18-29-19-16-22(17-20-29)21-10-14-26(15-11-21)31-25-5-2-1-3-6-25/h1-3,5-6,8-15,22H,4,7,16-20H2. The number of hydrogen-bond acceptors (Lipinski definition) is 3. The van der Waals surface area contributed by atoms with Gasteiger partial charge in [-0.15, -0.1) is 0 Å². The summed E-state index contributed by atoms with van der Waals surface area (Å²) in [5.74, 6) is 2.06. The van der Waals surface area contributed by atoms with Gasteiger partial charge in [0.15, 0.2) is 5.78 Å². The zero-order chi connectivity index (χ0) is 21.5.